The largest absolute Gasteiger partial charge is 0.455 e. The first-order valence-corrected chi connectivity index (χ1v) is 11.4. The molecule has 174 valence electrons. The van der Waals surface area contributed by atoms with Crippen LogP contribution in [0, 0.1) is 10.1 Å². The van der Waals surface area contributed by atoms with E-state index in [-0.39, 0.29) is 5.69 Å². The number of oxazole rings is 1. The fourth-order valence-electron chi connectivity index (χ4n) is 3.96. The van der Waals surface area contributed by atoms with Crippen molar-refractivity contribution in [3.63, 3.8) is 0 Å². The van der Waals surface area contributed by atoms with Crippen LogP contribution in [0.25, 0.3) is 44.7 Å². The Bertz CT molecular complexity index is 1800. The van der Waals surface area contributed by atoms with Gasteiger partial charge in [0.25, 0.3) is 5.69 Å². The molecule has 0 atom stereocenters. The predicted octanol–water partition coefficient (Wildman–Crippen LogP) is 8.22. The van der Waals surface area contributed by atoms with E-state index < -0.39 is 4.92 Å². The Morgan fingerprint density at radius 1 is 0.889 bits per heavy atom. The van der Waals surface area contributed by atoms with E-state index in [1.54, 1.807) is 18.3 Å². The van der Waals surface area contributed by atoms with E-state index in [4.69, 9.17) is 20.4 Å². The van der Waals surface area contributed by atoms with E-state index in [2.05, 4.69) is 28.2 Å². The van der Waals surface area contributed by atoms with Gasteiger partial charge in [-0.1, -0.05) is 41.9 Å². The first-order valence-electron chi connectivity index (χ1n) is 11.0. The lowest BCUT2D eigenvalue weighted by molar-refractivity contribution is -0.384. The third-order valence-electron chi connectivity index (χ3n) is 5.76. The zero-order valence-electron chi connectivity index (χ0n) is 18.6. The number of furan rings is 1. The molecule has 6 aromatic rings. The fraction of sp³-hybridized carbons (Fsp3) is 0. The lowest BCUT2D eigenvalue weighted by Crippen LogP contribution is -1.88. The number of non-ortho nitro benzene ring substituents is 1. The number of aromatic nitrogens is 1. The number of halogens is 1. The minimum absolute atomic E-state index is 0.0648. The van der Waals surface area contributed by atoms with Gasteiger partial charge in [-0.2, -0.15) is 0 Å². The standard InChI is InChI=1S/C28H16ClN3O4/c29-24-10-8-21(32(33)34)15-23(24)26-12-9-22(35-26)16-30-20-7-11-27-25(14-20)31-28(36-27)19-6-5-17-3-1-2-4-18(17)13-19/h1-16H. The first kappa shape index (κ1) is 21.8. The average Bonchev–Trinajstić information content (AvgIpc) is 3.54. The highest BCUT2D eigenvalue weighted by atomic mass is 35.5. The number of hydrogen-bond acceptors (Lipinski definition) is 6. The molecule has 0 fully saturated rings. The Kier molecular flexibility index (Phi) is 5.32. The topological polar surface area (TPSA) is 94.7 Å². The summed E-state index contributed by atoms with van der Waals surface area (Å²) >= 11 is 6.22. The van der Waals surface area contributed by atoms with Crippen LogP contribution in [0.4, 0.5) is 11.4 Å². The summed E-state index contributed by atoms with van der Waals surface area (Å²) in [5.41, 5.74) is 3.31. The average molecular weight is 494 g/mol. The number of hydrogen-bond donors (Lipinski definition) is 0. The van der Waals surface area contributed by atoms with E-state index in [0.29, 0.717) is 44.8 Å². The molecule has 4 aromatic carbocycles. The molecule has 7 nitrogen and oxygen atoms in total. The molecule has 0 saturated heterocycles. The number of nitro groups is 1. The molecular formula is C28H16ClN3O4. The number of rotatable bonds is 5. The molecule has 8 heteroatoms. The van der Waals surface area contributed by atoms with Crippen LogP contribution in [0.1, 0.15) is 5.76 Å². The lowest BCUT2D eigenvalue weighted by atomic mass is 10.1. The maximum atomic E-state index is 11.1. The maximum absolute atomic E-state index is 11.1. The van der Waals surface area contributed by atoms with Gasteiger partial charge in [0.05, 0.1) is 21.8 Å². The van der Waals surface area contributed by atoms with E-state index in [9.17, 15) is 10.1 Å². The van der Waals surface area contributed by atoms with Crippen LogP contribution in [0.5, 0.6) is 0 Å². The van der Waals surface area contributed by atoms with Crippen molar-refractivity contribution in [3.8, 4) is 22.8 Å². The van der Waals surface area contributed by atoms with Crippen molar-refractivity contribution < 1.29 is 13.8 Å². The molecule has 0 aliphatic rings. The van der Waals surface area contributed by atoms with Crippen LogP contribution in [0.2, 0.25) is 5.02 Å². The molecule has 0 unspecified atom stereocenters. The van der Waals surface area contributed by atoms with Gasteiger partial charge in [-0.25, -0.2) is 4.98 Å². The van der Waals surface area contributed by atoms with Crippen LogP contribution in [-0.2, 0) is 0 Å². The Labute approximate surface area is 209 Å². The van der Waals surface area contributed by atoms with E-state index in [0.717, 1.165) is 16.3 Å². The van der Waals surface area contributed by atoms with Gasteiger partial charge in [0, 0.05) is 23.3 Å². The second kappa shape index (κ2) is 8.79. The van der Waals surface area contributed by atoms with Gasteiger partial charge in [0.1, 0.15) is 17.0 Å². The molecule has 2 aromatic heterocycles. The summed E-state index contributed by atoms with van der Waals surface area (Å²) in [5.74, 6) is 1.43. The van der Waals surface area contributed by atoms with Crippen LogP contribution in [0.3, 0.4) is 0 Å². The third kappa shape index (κ3) is 4.12. The molecule has 2 heterocycles. The van der Waals surface area contributed by atoms with E-state index in [1.165, 1.54) is 18.2 Å². The molecular weight excluding hydrogens is 478 g/mol. The van der Waals surface area contributed by atoms with Crippen molar-refractivity contribution >= 4 is 51.1 Å². The van der Waals surface area contributed by atoms with Crippen molar-refractivity contribution in [2.75, 3.05) is 0 Å². The normalized spacial score (nSPS) is 11.6. The van der Waals surface area contributed by atoms with Crippen molar-refractivity contribution in [1.82, 2.24) is 4.98 Å². The van der Waals surface area contributed by atoms with Gasteiger partial charge in [0.15, 0.2) is 5.58 Å². The molecule has 6 rings (SSSR count). The Morgan fingerprint density at radius 2 is 1.75 bits per heavy atom. The summed E-state index contributed by atoms with van der Waals surface area (Å²) in [5, 5.41) is 13.7. The number of benzene rings is 4. The molecule has 0 spiro atoms. The van der Waals surface area contributed by atoms with Gasteiger partial charge >= 0.3 is 0 Å². The smallest absolute Gasteiger partial charge is 0.270 e. The lowest BCUT2D eigenvalue weighted by Gasteiger charge is -2.00. The zero-order chi connectivity index (χ0) is 24.6. The second-order valence-corrected chi connectivity index (χ2v) is 8.52. The minimum atomic E-state index is -0.476. The molecule has 36 heavy (non-hydrogen) atoms. The molecule has 0 N–H and O–H groups in total. The maximum Gasteiger partial charge on any atom is 0.270 e. The van der Waals surface area contributed by atoms with Crippen LogP contribution < -0.4 is 0 Å². The SMILES string of the molecule is O=[N+]([O-])c1ccc(Cl)c(-c2ccc(C=Nc3ccc4oc(-c5ccc6ccccc6c5)nc4c3)o2)c1. The zero-order valence-corrected chi connectivity index (χ0v) is 19.3. The van der Waals surface area contributed by atoms with Gasteiger partial charge in [-0.3, -0.25) is 15.1 Å². The van der Waals surface area contributed by atoms with Crippen molar-refractivity contribution in [2.24, 2.45) is 4.99 Å². The summed E-state index contributed by atoms with van der Waals surface area (Å²) in [4.78, 5) is 19.7. The van der Waals surface area contributed by atoms with E-state index >= 15 is 0 Å². The molecule has 0 aliphatic carbocycles. The highest BCUT2D eigenvalue weighted by molar-refractivity contribution is 6.33. The molecule has 0 bridgehead atoms. The number of fused-ring (bicyclic) bond motifs is 2. The third-order valence-corrected chi connectivity index (χ3v) is 6.09. The Morgan fingerprint density at radius 3 is 2.61 bits per heavy atom. The molecule has 0 saturated carbocycles. The predicted molar refractivity (Wildman–Crippen MR) is 140 cm³/mol. The van der Waals surface area contributed by atoms with Gasteiger partial charge in [-0.15, -0.1) is 0 Å². The second-order valence-electron chi connectivity index (χ2n) is 8.11. The first-order chi connectivity index (χ1) is 17.5. The van der Waals surface area contributed by atoms with Crippen LogP contribution in [0.15, 0.2) is 105 Å². The Balaban J connectivity index is 1.26. The van der Waals surface area contributed by atoms with Gasteiger partial charge in [-0.05, 0) is 59.3 Å². The van der Waals surface area contributed by atoms with Crippen LogP contribution >= 0.6 is 11.6 Å². The fourth-order valence-corrected chi connectivity index (χ4v) is 4.17. The van der Waals surface area contributed by atoms with Gasteiger partial charge in [0.2, 0.25) is 5.89 Å². The molecule has 0 aliphatic heterocycles. The van der Waals surface area contributed by atoms with Crippen molar-refractivity contribution in [3.05, 3.63) is 112 Å². The number of nitro benzene ring substituents is 1. The molecule has 0 radical (unpaired) electrons. The summed E-state index contributed by atoms with van der Waals surface area (Å²) in [6, 6.07) is 27.4. The summed E-state index contributed by atoms with van der Waals surface area (Å²) in [7, 11) is 0. The number of aliphatic imine (C=N–C) groups is 1. The highest BCUT2D eigenvalue weighted by Crippen LogP contribution is 2.33. The summed E-state index contributed by atoms with van der Waals surface area (Å²) < 4.78 is 11.8. The summed E-state index contributed by atoms with van der Waals surface area (Å²) in [6.07, 6.45) is 1.57. The highest BCUT2D eigenvalue weighted by Gasteiger charge is 2.14. The minimum Gasteiger partial charge on any atom is -0.455 e. The monoisotopic (exact) mass is 493 g/mol. The molecule has 0 amide bonds. The van der Waals surface area contributed by atoms with Gasteiger partial charge < -0.3 is 8.83 Å². The Hall–Kier alpha value is -4.75. The number of nitrogens with zero attached hydrogens (tertiary/aromatic N) is 3. The quantitative estimate of drug-likeness (QED) is 0.137. The summed E-state index contributed by atoms with van der Waals surface area (Å²) in [6.45, 7) is 0. The van der Waals surface area contributed by atoms with Crippen LogP contribution in [-0.4, -0.2) is 16.1 Å². The van der Waals surface area contributed by atoms with Crippen molar-refractivity contribution in [2.45, 2.75) is 0 Å². The van der Waals surface area contributed by atoms with Crippen molar-refractivity contribution in [1.29, 1.82) is 0 Å². The van der Waals surface area contributed by atoms with E-state index in [1.807, 2.05) is 42.5 Å².